The standard InChI is InChI=1S/C9H13ClN2O2/c1-6(11)2-4-12-9(13)7-3-5-14-8(7)10/h3,5-6H,2,4,11H2,1H3,(H,12,13). The van der Waals surface area contributed by atoms with Gasteiger partial charge in [-0.3, -0.25) is 4.79 Å². The average Bonchev–Trinajstić information content (AvgIpc) is 2.50. The predicted octanol–water partition coefficient (Wildman–Crippen LogP) is 1.40. The lowest BCUT2D eigenvalue weighted by Gasteiger charge is -2.05. The maximum Gasteiger partial charge on any atom is 0.256 e. The van der Waals surface area contributed by atoms with E-state index in [9.17, 15) is 4.79 Å². The molecule has 0 bridgehead atoms. The molecule has 0 spiro atoms. The lowest BCUT2D eigenvalue weighted by Crippen LogP contribution is -2.28. The molecule has 0 aromatic carbocycles. The van der Waals surface area contributed by atoms with E-state index in [0.717, 1.165) is 6.42 Å². The first-order chi connectivity index (χ1) is 6.61. The van der Waals surface area contributed by atoms with Crippen molar-refractivity contribution in [3.05, 3.63) is 23.1 Å². The Morgan fingerprint density at radius 2 is 2.50 bits per heavy atom. The second-order valence-corrected chi connectivity index (χ2v) is 3.47. The van der Waals surface area contributed by atoms with Gasteiger partial charge in [0.15, 0.2) is 0 Å². The zero-order valence-electron chi connectivity index (χ0n) is 7.92. The van der Waals surface area contributed by atoms with Crippen LogP contribution in [0, 0.1) is 0 Å². The minimum Gasteiger partial charge on any atom is -0.452 e. The molecule has 1 amide bonds. The number of halogens is 1. The largest absolute Gasteiger partial charge is 0.452 e. The predicted molar refractivity (Wildman–Crippen MR) is 54.3 cm³/mol. The number of nitrogens with one attached hydrogen (secondary N) is 1. The summed E-state index contributed by atoms with van der Waals surface area (Å²) >= 11 is 5.62. The molecular weight excluding hydrogens is 204 g/mol. The molecule has 78 valence electrons. The molecule has 1 atom stereocenters. The summed E-state index contributed by atoms with van der Waals surface area (Å²) in [5.41, 5.74) is 5.89. The van der Waals surface area contributed by atoms with E-state index in [1.807, 2.05) is 6.92 Å². The zero-order valence-corrected chi connectivity index (χ0v) is 8.67. The molecule has 1 unspecified atom stereocenters. The topological polar surface area (TPSA) is 68.3 Å². The van der Waals surface area contributed by atoms with Gasteiger partial charge in [-0.25, -0.2) is 0 Å². The molecule has 0 aliphatic rings. The second kappa shape index (κ2) is 5.02. The van der Waals surface area contributed by atoms with Crippen LogP contribution in [0.2, 0.25) is 5.22 Å². The second-order valence-electron chi connectivity index (χ2n) is 3.13. The van der Waals surface area contributed by atoms with Crippen molar-refractivity contribution in [3.63, 3.8) is 0 Å². The SMILES string of the molecule is CC(N)CCNC(=O)c1ccoc1Cl. The van der Waals surface area contributed by atoms with Crippen LogP contribution >= 0.6 is 11.6 Å². The van der Waals surface area contributed by atoms with Crippen LogP contribution in [0.3, 0.4) is 0 Å². The Hall–Kier alpha value is -1.00. The van der Waals surface area contributed by atoms with Crippen LogP contribution in [0.15, 0.2) is 16.7 Å². The Morgan fingerprint density at radius 1 is 1.79 bits per heavy atom. The van der Waals surface area contributed by atoms with Gasteiger partial charge in [0.2, 0.25) is 5.22 Å². The molecule has 0 aliphatic heterocycles. The van der Waals surface area contributed by atoms with Crippen molar-refractivity contribution in [2.75, 3.05) is 6.54 Å². The van der Waals surface area contributed by atoms with E-state index < -0.39 is 0 Å². The number of amides is 1. The molecule has 0 fully saturated rings. The van der Waals surface area contributed by atoms with Crippen molar-refractivity contribution in [1.29, 1.82) is 0 Å². The zero-order chi connectivity index (χ0) is 10.6. The highest BCUT2D eigenvalue weighted by atomic mass is 35.5. The molecule has 0 saturated heterocycles. The third-order valence-corrected chi connectivity index (χ3v) is 2.04. The van der Waals surface area contributed by atoms with Gasteiger partial charge in [0.1, 0.15) is 0 Å². The highest BCUT2D eigenvalue weighted by molar-refractivity contribution is 6.32. The normalized spacial score (nSPS) is 12.5. The maximum absolute atomic E-state index is 11.4. The van der Waals surface area contributed by atoms with Gasteiger partial charge in [0.05, 0.1) is 11.8 Å². The van der Waals surface area contributed by atoms with Crippen LogP contribution in [0.1, 0.15) is 23.7 Å². The minimum absolute atomic E-state index is 0.0788. The number of hydrogen-bond acceptors (Lipinski definition) is 3. The highest BCUT2D eigenvalue weighted by Gasteiger charge is 2.11. The Labute approximate surface area is 87.4 Å². The van der Waals surface area contributed by atoms with Crippen molar-refractivity contribution in [2.24, 2.45) is 5.73 Å². The van der Waals surface area contributed by atoms with E-state index in [-0.39, 0.29) is 17.2 Å². The van der Waals surface area contributed by atoms with Crippen molar-refractivity contribution in [1.82, 2.24) is 5.32 Å². The molecular formula is C9H13ClN2O2. The van der Waals surface area contributed by atoms with E-state index >= 15 is 0 Å². The van der Waals surface area contributed by atoms with Crippen LogP contribution in [0.5, 0.6) is 0 Å². The summed E-state index contributed by atoms with van der Waals surface area (Å²) in [4.78, 5) is 11.4. The van der Waals surface area contributed by atoms with Gasteiger partial charge in [-0.05, 0) is 31.0 Å². The Bertz CT molecular complexity index is 310. The first-order valence-electron chi connectivity index (χ1n) is 4.38. The van der Waals surface area contributed by atoms with E-state index in [1.165, 1.54) is 12.3 Å². The summed E-state index contributed by atoms with van der Waals surface area (Å²) < 4.78 is 4.79. The summed E-state index contributed by atoms with van der Waals surface area (Å²) in [5, 5.41) is 2.81. The smallest absolute Gasteiger partial charge is 0.256 e. The molecule has 4 nitrogen and oxygen atoms in total. The first kappa shape index (κ1) is 11.1. The minimum atomic E-state index is -0.232. The number of carbonyl (C=O) groups is 1. The average molecular weight is 217 g/mol. The van der Waals surface area contributed by atoms with Gasteiger partial charge in [0, 0.05) is 12.6 Å². The Morgan fingerprint density at radius 3 is 3.00 bits per heavy atom. The fourth-order valence-electron chi connectivity index (χ4n) is 0.964. The van der Waals surface area contributed by atoms with Crippen molar-refractivity contribution < 1.29 is 9.21 Å². The van der Waals surface area contributed by atoms with Crippen molar-refractivity contribution in [2.45, 2.75) is 19.4 Å². The molecule has 5 heteroatoms. The summed E-state index contributed by atoms with van der Waals surface area (Å²) in [6, 6.07) is 1.61. The molecule has 3 N–H and O–H groups in total. The van der Waals surface area contributed by atoms with E-state index in [1.54, 1.807) is 0 Å². The van der Waals surface area contributed by atoms with Gasteiger partial charge in [-0.1, -0.05) is 0 Å². The van der Waals surface area contributed by atoms with Gasteiger partial charge in [-0.2, -0.15) is 0 Å². The van der Waals surface area contributed by atoms with Gasteiger partial charge >= 0.3 is 0 Å². The van der Waals surface area contributed by atoms with Crippen LogP contribution in [-0.4, -0.2) is 18.5 Å². The fourth-order valence-corrected chi connectivity index (χ4v) is 1.16. The van der Waals surface area contributed by atoms with Crippen molar-refractivity contribution >= 4 is 17.5 Å². The monoisotopic (exact) mass is 216 g/mol. The quantitative estimate of drug-likeness (QED) is 0.800. The third kappa shape index (κ3) is 3.05. The molecule has 0 radical (unpaired) electrons. The van der Waals surface area contributed by atoms with E-state index in [2.05, 4.69) is 5.32 Å². The molecule has 1 aromatic heterocycles. The fraction of sp³-hybridized carbons (Fsp3) is 0.444. The van der Waals surface area contributed by atoms with Crippen LogP contribution < -0.4 is 11.1 Å². The summed E-state index contributed by atoms with van der Waals surface area (Å²) in [7, 11) is 0. The number of rotatable bonds is 4. The molecule has 1 heterocycles. The van der Waals surface area contributed by atoms with Crippen molar-refractivity contribution in [3.8, 4) is 0 Å². The Balaban J connectivity index is 2.40. The summed E-state index contributed by atoms with van der Waals surface area (Å²) in [6.45, 7) is 2.43. The molecule has 0 aliphatic carbocycles. The molecule has 1 rings (SSSR count). The van der Waals surface area contributed by atoms with Crippen LogP contribution in [0.25, 0.3) is 0 Å². The van der Waals surface area contributed by atoms with Gasteiger partial charge in [0.25, 0.3) is 5.91 Å². The Kier molecular flexibility index (Phi) is 3.98. The first-order valence-corrected chi connectivity index (χ1v) is 4.76. The van der Waals surface area contributed by atoms with Gasteiger partial charge < -0.3 is 15.5 Å². The van der Waals surface area contributed by atoms with Gasteiger partial charge in [-0.15, -0.1) is 0 Å². The number of nitrogens with two attached hydrogens (primary N) is 1. The van der Waals surface area contributed by atoms with Crippen LogP contribution in [-0.2, 0) is 0 Å². The lowest BCUT2D eigenvalue weighted by atomic mass is 10.2. The van der Waals surface area contributed by atoms with E-state index in [0.29, 0.717) is 12.1 Å². The third-order valence-electron chi connectivity index (χ3n) is 1.75. The molecule has 1 aromatic rings. The van der Waals surface area contributed by atoms with Crippen LogP contribution in [0.4, 0.5) is 0 Å². The highest BCUT2D eigenvalue weighted by Crippen LogP contribution is 2.15. The lowest BCUT2D eigenvalue weighted by molar-refractivity contribution is 0.0952. The number of furan rings is 1. The summed E-state index contributed by atoms with van der Waals surface area (Å²) in [5.74, 6) is -0.232. The number of carbonyl (C=O) groups excluding carboxylic acids is 1. The van der Waals surface area contributed by atoms with E-state index in [4.69, 9.17) is 21.8 Å². The molecule has 0 saturated carbocycles. The number of hydrogen-bond donors (Lipinski definition) is 2. The summed E-state index contributed by atoms with van der Waals surface area (Å²) in [6.07, 6.45) is 2.12. The maximum atomic E-state index is 11.4. The molecule has 14 heavy (non-hydrogen) atoms.